The summed E-state index contributed by atoms with van der Waals surface area (Å²) in [6, 6.07) is 8.98. The molecule has 1 aliphatic carbocycles. The van der Waals surface area contributed by atoms with Crippen LogP contribution in [0.5, 0.6) is 0 Å². The molecule has 1 aliphatic heterocycles. The molecule has 3 rings (SSSR count). The highest BCUT2D eigenvalue weighted by atomic mass is 16.5. The molecule has 2 aliphatic rings. The molecule has 0 radical (unpaired) electrons. The first kappa shape index (κ1) is 12.2. The Morgan fingerprint density at radius 1 is 1.00 bits per heavy atom. The van der Waals surface area contributed by atoms with Crippen molar-refractivity contribution in [2.24, 2.45) is 5.73 Å². The average Bonchev–Trinajstić information content (AvgIpc) is 2.38. The zero-order valence-electron chi connectivity index (χ0n) is 11.0. The fourth-order valence-electron chi connectivity index (χ4n) is 3.00. The molecule has 98 valence electrons. The van der Waals surface area contributed by atoms with E-state index in [1.54, 1.807) is 0 Å². The van der Waals surface area contributed by atoms with Crippen LogP contribution >= 0.6 is 0 Å². The van der Waals surface area contributed by atoms with Gasteiger partial charge in [0.2, 0.25) is 0 Å². The van der Waals surface area contributed by atoms with Crippen LogP contribution in [0, 0.1) is 0 Å². The smallest absolute Gasteiger partial charge is 0.0767 e. The third-order valence-electron chi connectivity index (χ3n) is 4.51. The van der Waals surface area contributed by atoms with Gasteiger partial charge in [-0.15, -0.1) is 0 Å². The molecule has 2 fully saturated rings. The van der Waals surface area contributed by atoms with Gasteiger partial charge in [-0.05, 0) is 49.1 Å². The van der Waals surface area contributed by atoms with Crippen LogP contribution in [-0.4, -0.2) is 12.7 Å². The van der Waals surface area contributed by atoms with Crippen LogP contribution in [0.2, 0.25) is 0 Å². The lowest BCUT2D eigenvalue weighted by atomic mass is 9.79. The maximum atomic E-state index is 6.32. The Hall–Kier alpha value is -0.860. The van der Waals surface area contributed by atoms with E-state index < -0.39 is 0 Å². The summed E-state index contributed by atoms with van der Waals surface area (Å²) in [7, 11) is 0. The number of rotatable bonds is 3. The van der Waals surface area contributed by atoms with Gasteiger partial charge in [0.25, 0.3) is 0 Å². The summed E-state index contributed by atoms with van der Waals surface area (Å²) >= 11 is 0. The molecular weight excluding hydrogens is 222 g/mol. The van der Waals surface area contributed by atoms with E-state index in [9.17, 15) is 0 Å². The largest absolute Gasteiger partial charge is 0.376 e. The van der Waals surface area contributed by atoms with Crippen LogP contribution in [-0.2, 0) is 4.74 Å². The van der Waals surface area contributed by atoms with E-state index in [2.05, 4.69) is 24.3 Å². The van der Waals surface area contributed by atoms with Crippen LogP contribution in [0.15, 0.2) is 24.3 Å². The monoisotopic (exact) mass is 245 g/mol. The zero-order valence-corrected chi connectivity index (χ0v) is 11.0. The molecule has 2 unspecified atom stereocenters. The quantitative estimate of drug-likeness (QED) is 0.884. The number of ether oxygens (including phenoxy) is 1. The summed E-state index contributed by atoms with van der Waals surface area (Å²) in [6.45, 7) is 0.874. The lowest BCUT2D eigenvalue weighted by Crippen LogP contribution is -2.31. The molecule has 0 aromatic heterocycles. The van der Waals surface area contributed by atoms with Crippen molar-refractivity contribution in [3.05, 3.63) is 35.4 Å². The molecule has 1 saturated heterocycles. The van der Waals surface area contributed by atoms with Crippen molar-refractivity contribution >= 4 is 0 Å². The lowest BCUT2D eigenvalue weighted by Gasteiger charge is -2.29. The van der Waals surface area contributed by atoms with Gasteiger partial charge in [-0.3, -0.25) is 0 Å². The van der Waals surface area contributed by atoms with Gasteiger partial charge >= 0.3 is 0 Å². The normalized spacial score (nSPS) is 26.6. The molecule has 18 heavy (non-hydrogen) atoms. The number of hydrogen-bond acceptors (Lipinski definition) is 2. The minimum absolute atomic E-state index is 0.0424. The lowest BCUT2D eigenvalue weighted by molar-refractivity contribution is 0.00000890. The van der Waals surface area contributed by atoms with Gasteiger partial charge in [0, 0.05) is 6.61 Å². The predicted octanol–water partition coefficient (Wildman–Crippen LogP) is 3.52. The standard InChI is InChI=1S/C16H23NO/c17-16(15-6-1-2-11-18-15)14-9-7-13(8-10-14)12-4-3-5-12/h7-10,12,15-16H,1-6,11,17H2. The van der Waals surface area contributed by atoms with Crippen LogP contribution in [0.1, 0.15) is 61.6 Å². The SMILES string of the molecule is NC(c1ccc(C2CCC2)cc1)C1CCCCO1. The third-order valence-corrected chi connectivity index (χ3v) is 4.51. The molecule has 0 bridgehead atoms. The van der Waals surface area contributed by atoms with E-state index in [0.717, 1.165) is 18.9 Å². The van der Waals surface area contributed by atoms with Crippen molar-refractivity contribution in [3.8, 4) is 0 Å². The second-order valence-electron chi connectivity index (χ2n) is 5.73. The highest BCUT2D eigenvalue weighted by molar-refractivity contribution is 5.28. The van der Waals surface area contributed by atoms with Gasteiger partial charge in [0.05, 0.1) is 12.1 Å². The minimum atomic E-state index is 0.0424. The molecule has 2 heteroatoms. The molecule has 2 nitrogen and oxygen atoms in total. The molecule has 0 amide bonds. The molecule has 1 heterocycles. The first-order chi connectivity index (χ1) is 8.84. The molecule has 1 aromatic carbocycles. The number of hydrogen-bond donors (Lipinski definition) is 1. The Morgan fingerprint density at radius 3 is 2.33 bits per heavy atom. The topological polar surface area (TPSA) is 35.2 Å². The number of benzene rings is 1. The number of nitrogens with two attached hydrogens (primary N) is 1. The fraction of sp³-hybridized carbons (Fsp3) is 0.625. The Morgan fingerprint density at radius 2 is 1.78 bits per heavy atom. The van der Waals surface area contributed by atoms with Crippen LogP contribution in [0.4, 0.5) is 0 Å². The van der Waals surface area contributed by atoms with E-state index in [1.165, 1.54) is 43.2 Å². The van der Waals surface area contributed by atoms with Crippen LogP contribution in [0.3, 0.4) is 0 Å². The van der Waals surface area contributed by atoms with Gasteiger partial charge in [-0.25, -0.2) is 0 Å². The molecule has 2 N–H and O–H groups in total. The summed E-state index contributed by atoms with van der Waals surface area (Å²) in [4.78, 5) is 0. The van der Waals surface area contributed by atoms with E-state index in [4.69, 9.17) is 10.5 Å². The molecule has 0 spiro atoms. The highest BCUT2D eigenvalue weighted by Gasteiger charge is 2.23. The molecule has 1 aromatic rings. The van der Waals surface area contributed by atoms with Gasteiger partial charge < -0.3 is 10.5 Å². The third kappa shape index (κ3) is 2.45. The van der Waals surface area contributed by atoms with Crippen LogP contribution in [0.25, 0.3) is 0 Å². The Kier molecular flexibility index (Phi) is 3.67. The van der Waals surface area contributed by atoms with Gasteiger partial charge in [0.1, 0.15) is 0 Å². The van der Waals surface area contributed by atoms with Crippen molar-refractivity contribution in [2.75, 3.05) is 6.61 Å². The zero-order chi connectivity index (χ0) is 12.4. The summed E-state index contributed by atoms with van der Waals surface area (Å²) in [5, 5.41) is 0. The Labute approximate surface area is 110 Å². The van der Waals surface area contributed by atoms with E-state index >= 15 is 0 Å². The molecule has 1 saturated carbocycles. The van der Waals surface area contributed by atoms with Crippen molar-refractivity contribution < 1.29 is 4.74 Å². The van der Waals surface area contributed by atoms with E-state index in [-0.39, 0.29) is 12.1 Å². The minimum Gasteiger partial charge on any atom is -0.376 e. The van der Waals surface area contributed by atoms with Crippen molar-refractivity contribution in [1.29, 1.82) is 0 Å². The summed E-state index contributed by atoms with van der Waals surface area (Å²) in [5.74, 6) is 0.807. The van der Waals surface area contributed by atoms with Gasteiger partial charge in [-0.2, -0.15) is 0 Å². The highest BCUT2D eigenvalue weighted by Crippen LogP contribution is 2.36. The second kappa shape index (κ2) is 5.41. The molecule has 2 atom stereocenters. The second-order valence-corrected chi connectivity index (χ2v) is 5.73. The average molecular weight is 245 g/mol. The van der Waals surface area contributed by atoms with Gasteiger partial charge in [0.15, 0.2) is 0 Å². The first-order valence-electron chi connectivity index (χ1n) is 7.31. The predicted molar refractivity (Wildman–Crippen MR) is 73.6 cm³/mol. The summed E-state index contributed by atoms with van der Waals surface area (Å²) < 4.78 is 5.78. The van der Waals surface area contributed by atoms with Crippen molar-refractivity contribution in [2.45, 2.75) is 56.6 Å². The van der Waals surface area contributed by atoms with E-state index in [1.807, 2.05) is 0 Å². The van der Waals surface area contributed by atoms with Crippen molar-refractivity contribution in [1.82, 2.24) is 0 Å². The van der Waals surface area contributed by atoms with Crippen molar-refractivity contribution in [3.63, 3.8) is 0 Å². The summed E-state index contributed by atoms with van der Waals surface area (Å²) in [6.07, 6.45) is 7.86. The molecular formula is C16H23NO. The Bertz CT molecular complexity index is 377. The van der Waals surface area contributed by atoms with Crippen LogP contribution < -0.4 is 5.73 Å². The Balaban J connectivity index is 1.67. The maximum absolute atomic E-state index is 6.32. The summed E-state index contributed by atoms with van der Waals surface area (Å²) in [5.41, 5.74) is 9.03. The van der Waals surface area contributed by atoms with Gasteiger partial charge in [-0.1, -0.05) is 30.7 Å². The maximum Gasteiger partial charge on any atom is 0.0767 e. The first-order valence-corrected chi connectivity index (χ1v) is 7.31. The van der Waals surface area contributed by atoms with E-state index in [0.29, 0.717) is 0 Å². The fourth-order valence-corrected chi connectivity index (χ4v) is 3.00.